The summed E-state index contributed by atoms with van der Waals surface area (Å²) in [6, 6.07) is 5.37. The standard InChI is InChI=1S/C12H16ClN5O/c1-4-14-8(2)12-15-16-17-18(12)10-7-9(13)5-6-11(10)19-3/h5-8,14H,4H2,1-3H3. The molecule has 2 aromatic rings. The number of hydrogen-bond donors (Lipinski definition) is 1. The molecule has 102 valence electrons. The van der Waals surface area contributed by atoms with Crippen LogP contribution in [0.15, 0.2) is 18.2 Å². The summed E-state index contributed by atoms with van der Waals surface area (Å²) < 4.78 is 6.96. The molecule has 1 N–H and O–H groups in total. The second-order valence-corrected chi connectivity index (χ2v) is 4.48. The topological polar surface area (TPSA) is 64.9 Å². The first-order valence-electron chi connectivity index (χ1n) is 6.03. The van der Waals surface area contributed by atoms with Crippen molar-refractivity contribution in [1.82, 2.24) is 25.5 Å². The predicted octanol–water partition coefficient (Wildman–Crippen LogP) is 1.99. The van der Waals surface area contributed by atoms with Crippen molar-refractivity contribution in [2.75, 3.05) is 13.7 Å². The third kappa shape index (κ3) is 2.85. The molecular formula is C12H16ClN5O. The number of ether oxygens (including phenoxy) is 1. The number of halogens is 1. The summed E-state index contributed by atoms with van der Waals surface area (Å²) in [6.45, 7) is 4.87. The van der Waals surface area contributed by atoms with Crippen molar-refractivity contribution in [3.8, 4) is 11.4 Å². The van der Waals surface area contributed by atoms with Gasteiger partial charge in [-0.1, -0.05) is 18.5 Å². The lowest BCUT2D eigenvalue weighted by molar-refractivity contribution is 0.410. The van der Waals surface area contributed by atoms with E-state index in [1.807, 2.05) is 13.8 Å². The Morgan fingerprint density at radius 1 is 1.47 bits per heavy atom. The number of benzene rings is 1. The van der Waals surface area contributed by atoms with Gasteiger partial charge in [-0.3, -0.25) is 0 Å². The fourth-order valence-electron chi connectivity index (χ4n) is 1.86. The van der Waals surface area contributed by atoms with Crippen LogP contribution in [0.3, 0.4) is 0 Å². The van der Waals surface area contributed by atoms with Crippen LogP contribution >= 0.6 is 11.6 Å². The van der Waals surface area contributed by atoms with Gasteiger partial charge >= 0.3 is 0 Å². The Morgan fingerprint density at radius 2 is 2.26 bits per heavy atom. The minimum atomic E-state index is 0.0312. The largest absolute Gasteiger partial charge is 0.494 e. The van der Waals surface area contributed by atoms with E-state index in [-0.39, 0.29) is 6.04 Å². The van der Waals surface area contributed by atoms with Crippen molar-refractivity contribution < 1.29 is 4.74 Å². The zero-order chi connectivity index (χ0) is 13.8. The van der Waals surface area contributed by atoms with Gasteiger partial charge in [0.2, 0.25) is 0 Å². The minimum absolute atomic E-state index is 0.0312. The first-order chi connectivity index (χ1) is 9.17. The molecule has 19 heavy (non-hydrogen) atoms. The normalized spacial score (nSPS) is 12.4. The first-order valence-corrected chi connectivity index (χ1v) is 6.40. The summed E-state index contributed by atoms with van der Waals surface area (Å²) in [5, 5.41) is 15.7. The predicted molar refractivity (Wildman–Crippen MR) is 72.8 cm³/mol. The maximum atomic E-state index is 6.03. The Balaban J connectivity index is 2.47. The van der Waals surface area contributed by atoms with Crippen LogP contribution in [0.4, 0.5) is 0 Å². The summed E-state index contributed by atoms with van der Waals surface area (Å²) in [5.74, 6) is 1.38. The second kappa shape index (κ2) is 5.99. The molecular weight excluding hydrogens is 266 g/mol. The van der Waals surface area contributed by atoms with Gasteiger partial charge in [-0.15, -0.1) is 5.10 Å². The molecule has 0 aliphatic carbocycles. The average molecular weight is 282 g/mol. The van der Waals surface area contributed by atoms with Crippen LogP contribution in [0.1, 0.15) is 25.7 Å². The lowest BCUT2D eigenvalue weighted by atomic mass is 10.2. The summed E-state index contributed by atoms with van der Waals surface area (Å²) in [5.41, 5.74) is 0.722. The molecule has 1 atom stereocenters. The number of aromatic nitrogens is 4. The van der Waals surface area contributed by atoms with E-state index in [1.54, 1.807) is 30.0 Å². The van der Waals surface area contributed by atoms with E-state index < -0.39 is 0 Å². The third-order valence-corrected chi connectivity index (χ3v) is 3.00. The molecule has 1 aromatic carbocycles. The van der Waals surface area contributed by atoms with E-state index in [1.165, 1.54) is 0 Å². The lowest BCUT2D eigenvalue weighted by Gasteiger charge is -2.14. The zero-order valence-electron chi connectivity index (χ0n) is 11.1. The molecule has 0 saturated heterocycles. The van der Waals surface area contributed by atoms with Gasteiger partial charge in [0.25, 0.3) is 0 Å². The molecule has 0 amide bonds. The minimum Gasteiger partial charge on any atom is -0.494 e. The molecule has 6 nitrogen and oxygen atoms in total. The summed E-state index contributed by atoms with van der Waals surface area (Å²) in [4.78, 5) is 0. The molecule has 1 heterocycles. The average Bonchev–Trinajstić information content (AvgIpc) is 2.88. The van der Waals surface area contributed by atoms with Crippen LogP contribution in [-0.4, -0.2) is 33.9 Å². The smallest absolute Gasteiger partial charge is 0.173 e. The Morgan fingerprint density at radius 3 is 2.95 bits per heavy atom. The zero-order valence-corrected chi connectivity index (χ0v) is 11.8. The van der Waals surface area contributed by atoms with Crippen LogP contribution < -0.4 is 10.1 Å². The molecule has 0 radical (unpaired) electrons. The van der Waals surface area contributed by atoms with Gasteiger partial charge in [-0.2, -0.15) is 4.68 Å². The molecule has 0 spiro atoms. The number of rotatable bonds is 5. The molecule has 0 fully saturated rings. The monoisotopic (exact) mass is 281 g/mol. The number of methoxy groups -OCH3 is 1. The molecule has 2 rings (SSSR count). The quantitative estimate of drug-likeness (QED) is 0.908. The Kier molecular flexibility index (Phi) is 4.34. The van der Waals surface area contributed by atoms with Crippen molar-refractivity contribution >= 4 is 11.6 Å². The third-order valence-electron chi connectivity index (χ3n) is 2.76. The Hall–Kier alpha value is -1.66. The van der Waals surface area contributed by atoms with E-state index in [9.17, 15) is 0 Å². The van der Waals surface area contributed by atoms with Crippen LogP contribution in [0.2, 0.25) is 5.02 Å². The van der Waals surface area contributed by atoms with Gasteiger partial charge in [0, 0.05) is 5.02 Å². The van der Waals surface area contributed by atoms with Gasteiger partial charge in [-0.25, -0.2) is 0 Å². The van der Waals surface area contributed by atoms with Crippen molar-refractivity contribution in [3.05, 3.63) is 29.0 Å². The highest BCUT2D eigenvalue weighted by Crippen LogP contribution is 2.27. The maximum absolute atomic E-state index is 6.03. The van der Waals surface area contributed by atoms with Crippen LogP contribution in [0.5, 0.6) is 5.75 Å². The Bertz CT molecular complexity index is 557. The van der Waals surface area contributed by atoms with Crippen molar-refractivity contribution in [1.29, 1.82) is 0 Å². The molecule has 0 bridgehead atoms. The van der Waals surface area contributed by atoms with Gasteiger partial charge in [0.1, 0.15) is 11.4 Å². The molecule has 1 unspecified atom stereocenters. The summed E-state index contributed by atoms with van der Waals surface area (Å²) >= 11 is 6.03. The van der Waals surface area contributed by atoms with E-state index in [2.05, 4.69) is 20.8 Å². The molecule has 0 saturated carbocycles. The van der Waals surface area contributed by atoms with Crippen molar-refractivity contribution in [3.63, 3.8) is 0 Å². The fourth-order valence-corrected chi connectivity index (χ4v) is 2.03. The van der Waals surface area contributed by atoms with Gasteiger partial charge in [-0.05, 0) is 42.1 Å². The highest BCUT2D eigenvalue weighted by molar-refractivity contribution is 6.30. The SMILES string of the molecule is CCNC(C)c1nnnn1-c1cc(Cl)ccc1OC. The summed E-state index contributed by atoms with van der Waals surface area (Å²) in [7, 11) is 1.60. The van der Waals surface area contributed by atoms with E-state index >= 15 is 0 Å². The van der Waals surface area contributed by atoms with Gasteiger partial charge in [0.05, 0.1) is 13.2 Å². The Labute approximate surface area is 116 Å². The van der Waals surface area contributed by atoms with Gasteiger partial charge in [0.15, 0.2) is 5.82 Å². The van der Waals surface area contributed by atoms with E-state index in [4.69, 9.17) is 16.3 Å². The van der Waals surface area contributed by atoms with Crippen LogP contribution in [0, 0.1) is 0 Å². The van der Waals surface area contributed by atoms with Crippen LogP contribution in [-0.2, 0) is 0 Å². The lowest BCUT2D eigenvalue weighted by Crippen LogP contribution is -2.21. The molecule has 7 heteroatoms. The molecule has 0 aliphatic heterocycles. The maximum Gasteiger partial charge on any atom is 0.173 e. The van der Waals surface area contributed by atoms with Crippen molar-refractivity contribution in [2.45, 2.75) is 19.9 Å². The fraction of sp³-hybridized carbons (Fsp3) is 0.417. The van der Waals surface area contributed by atoms with E-state index in [0.29, 0.717) is 16.6 Å². The van der Waals surface area contributed by atoms with Crippen molar-refractivity contribution in [2.24, 2.45) is 0 Å². The number of nitrogens with one attached hydrogen (secondary N) is 1. The first kappa shape index (κ1) is 13.8. The molecule has 1 aromatic heterocycles. The van der Waals surface area contributed by atoms with E-state index in [0.717, 1.165) is 12.2 Å². The van der Waals surface area contributed by atoms with Gasteiger partial charge < -0.3 is 10.1 Å². The number of nitrogens with zero attached hydrogens (tertiary/aromatic N) is 4. The summed E-state index contributed by atoms with van der Waals surface area (Å²) in [6.07, 6.45) is 0. The number of tetrazole rings is 1. The molecule has 0 aliphatic rings. The highest BCUT2D eigenvalue weighted by Gasteiger charge is 2.17. The second-order valence-electron chi connectivity index (χ2n) is 4.04. The number of hydrogen-bond acceptors (Lipinski definition) is 5. The van der Waals surface area contributed by atoms with Crippen LogP contribution in [0.25, 0.3) is 5.69 Å². The highest BCUT2D eigenvalue weighted by atomic mass is 35.5.